The number of thiophene rings is 1. The lowest BCUT2D eigenvalue weighted by atomic mass is 10.1. The zero-order valence-electron chi connectivity index (χ0n) is 11.2. The van der Waals surface area contributed by atoms with E-state index in [-0.39, 0.29) is 6.04 Å². The molecule has 0 spiro atoms. The van der Waals surface area contributed by atoms with Gasteiger partial charge >= 0.3 is 0 Å². The largest absolute Gasteiger partial charge is 0.271 e. The van der Waals surface area contributed by atoms with Gasteiger partial charge in [0.15, 0.2) is 0 Å². The molecule has 1 atom stereocenters. The highest BCUT2D eigenvalue weighted by Gasteiger charge is 2.16. The predicted octanol–water partition coefficient (Wildman–Crippen LogP) is 3.44. The van der Waals surface area contributed by atoms with E-state index >= 15 is 0 Å². The van der Waals surface area contributed by atoms with Gasteiger partial charge in [-0.2, -0.15) is 5.10 Å². The number of nitrogens with one attached hydrogen (secondary N) is 1. The third-order valence-corrected chi connectivity index (χ3v) is 5.22. The van der Waals surface area contributed by atoms with Gasteiger partial charge in [-0.1, -0.05) is 18.2 Å². The number of para-hydroxylation sites is 1. The molecule has 6 heteroatoms. The Bertz CT molecular complexity index is 707. The van der Waals surface area contributed by atoms with Crippen molar-refractivity contribution in [1.82, 2.24) is 15.2 Å². The van der Waals surface area contributed by atoms with Crippen molar-refractivity contribution in [2.24, 2.45) is 5.84 Å². The monoisotopic (exact) mass is 362 g/mol. The highest BCUT2D eigenvalue weighted by molar-refractivity contribution is 9.10. The van der Waals surface area contributed by atoms with Crippen molar-refractivity contribution in [2.75, 3.05) is 0 Å². The minimum atomic E-state index is -0.00934. The second-order valence-electron chi connectivity index (χ2n) is 4.64. The van der Waals surface area contributed by atoms with Crippen LogP contribution >= 0.6 is 27.3 Å². The lowest BCUT2D eigenvalue weighted by Crippen LogP contribution is -2.29. The van der Waals surface area contributed by atoms with Crippen molar-refractivity contribution in [3.8, 4) is 5.69 Å². The van der Waals surface area contributed by atoms with E-state index in [1.807, 2.05) is 47.3 Å². The van der Waals surface area contributed by atoms with Crippen LogP contribution in [0.25, 0.3) is 5.69 Å². The maximum absolute atomic E-state index is 5.71. The van der Waals surface area contributed by atoms with Gasteiger partial charge in [0.05, 0.1) is 17.4 Å². The second kappa shape index (κ2) is 6.53. The summed E-state index contributed by atoms with van der Waals surface area (Å²) in [5, 5.41) is 6.69. The van der Waals surface area contributed by atoms with Crippen LogP contribution in [-0.4, -0.2) is 9.78 Å². The SMILES string of the molecule is NNC(Cc1sccc1Br)c1ccn(-c2ccccc2)n1. The topological polar surface area (TPSA) is 55.9 Å². The zero-order valence-corrected chi connectivity index (χ0v) is 13.6. The predicted molar refractivity (Wildman–Crippen MR) is 89.4 cm³/mol. The molecule has 0 radical (unpaired) electrons. The van der Waals surface area contributed by atoms with Crippen molar-refractivity contribution < 1.29 is 0 Å². The molecule has 21 heavy (non-hydrogen) atoms. The number of aromatic nitrogens is 2. The van der Waals surface area contributed by atoms with E-state index < -0.39 is 0 Å². The summed E-state index contributed by atoms with van der Waals surface area (Å²) in [5.74, 6) is 5.71. The number of rotatable bonds is 5. The Morgan fingerprint density at radius 2 is 2.05 bits per heavy atom. The van der Waals surface area contributed by atoms with Gasteiger partial charge in [-0.05, 0) is 45.6 Å². The van der Waals surface area contributed by atoms with Crippen molar-refractivity contribution in [3.63, 3.8) is 0 Å². The first-order chi connectivity index (χ1) is 10.3. The van der Waals surface area contributed by atoms with Crippen LogP contribution in [0.4, 0.5) is 0 Å². The Balaban J connectivity index is 1.82. The summed E-state index contributed by atoms with van der Waals surface area (Å²) in [6.45, 7) is 0. The van der Waals surface area contributed by atoms with Gasteiger partial charge in [0, 0.05) is 22.0 Å². The van der Waals surface area contributed by atoms with E-state index in [2.05, 4.69) is 37.9 Å². The molecule has 0 aliphatic carbocycles. The van der Waals surface area contributed by atoms with E-state index in [9.17, 15) is 0 Å². The molecule has 0 aliphatic rings. The number of nitrogens with two attached hydrogens (primary N) is 1. The van der Waals surface area contributed by atoms with E-state index in [4.69, 9.17) is 5.84 Å². The molecule has 0 aliphatic heterocycles. The fraction of sp³-hybridized carbons (Fsp3) is 0.133. The molecular weight excluding hydrogens is 348 g/mol. The molecule has 3 aromatic rings. The summed E-state index contributed by atoms with van der Waals surface area (Å²) in [4.78, 5) is 1.26. The Labute approximate surface area is 135 Å². The first-order valence-electron chi connectivity index (χ1n) is 6.57. The fourth-order valence-electron chi connectivity index (χ4n) is 2.15. The molecule has 0 bridgehead atoms. The third kappa shape index (κ3) is 3.24. The van der Waals surface area contributed by atoms with Crippen LogP contribution in [0.2, 0.25) is 0 Å². The lowest BCUT2D eigenvalue weighted by Gasteiger charge is -2.12. The fourth-order valence-corrected chi connectivity index (χ4v) is 3.71. The molecule has 2 aromatic heterocycles. The van der Waals surface area contributed by atoms with Crippen molar-refractivity contribution >= 4 is 27.3 Å². The van der Waals surface area contributed by atoms with Gasteiger partial charge in [-0.15, -0.1) is 11.3 Å². The number of nitrogens with zero attached hydrogens (tertiary/aromatic N) is 2. The quantitative estimate of drug-likeness (QED) is 0.539. The molecule has 4 nitrogen and oxygen atoms in total. The Kier molecular flexibility index (Phi) is 4.50. The van der Waals surface area contributed by atoms with E-state index in [1.165, 1.54) is 4.88 Å². The van der Waals surface area contributed by atoms with Crippen LogP contribution in [0.15, 0.2) is 58.5 Å². The molecule has 1 aromatic carbocycles. The molecule has 2 heterocycles. The highest BCUT2D eigenvalue weighted by Crippen LogP contribution is 2.27. The number of hydrogen-bond acceptors (Lipinski definition) is 4. The number of halogens is 1. The minimum absolute atomic E-state index is 0.00934. The van der Waals surface area contributed by atoms with Gasteiger partial charge in [0.1, 0.15) is 0 Å². The summed E-state index contributed by atoms with van der Waals surface area (Å²) in [6, 6.07) is 14.1. The molecule has 1 unspecified atom stereocenters. The minimum Gasteiger partial charge on any atom is -0.271 e. The van der Waals surface area contributed by atoms with Gasteiger partial charge in [0.2, 0.25) is 0 Å². The van der Waals surface area contributed by atoms with E-state index in [0.717, 1.165) is 22.3 Å². The van der Waals surface area contributed by atoms with Gasteiger partial charge in [-0.25, -0.2) is 4.68 Å². The number of hydrogen-bond donors (Lipinski definition) is 2. The molecule has 3 N–H and O–H groups in total. The zero-order chi connectivity index (χ0) is 14.7. The smallest absolute Gasteiger partial charge is 0.0815 e. The second-order valence-corrected chi connectivity index (χ2v) is 6.49. The number of hydrazine groups is 1. The van der Waals surface area contributed by atoms with Crippen LogP contribution in [0.3, 0.4) is 0 Å². The normalized spacial score (nSPS) is 12.5. The van der Waals surface area contributed by atoms with Crippen LogP contribution in [-0.2, 0) is 6.42 Å². The highest BCUT2D eigenvalue weighted by atomic mass is 79.9. The van der Waals surface area contributed by atoms with Crippen molar-refractivity contribution in [1.29, 1.82) is 0 Å². The van der Waals surface area contributed by atoms with Crippen molar-refractivity contribution in [2.45, 2.75) is 12.5 Å². The van der Waals surface area contributed by atoms with Crippen LogP contribution in [0.5, 0.6) is 0 Å². The number of benzene rings is 1. The van der Waals surface area contributed by atoms with E-state index in [1.54, 1.807) is 11.3 Å². The Morgan fingerprint density at radius 1 is 1.24 bits per heavy atom. The standard InChI is InChI=1S/C15H15BrN4S/c16-12-7-9-21-15(12)10-14(18-17)13-6-8-20(19-13)11-4-2-1-3-5-11/h1-9,14,18H,10,17H2. The summed E-state index contributed by atoms with van der Waals surface area (Å²) >= 11 is 5.27. The van der Waals surface area contributed by atoms with Gasteiger partial charge in [-0.3, -0.25) is 11.3 Å². The molecular formula is C15H15BrN4S. The van der Waals surface area contributed by atoms with Gasteiger partial charge < -0.3 is 0 Å². The van der Waals surface area contributed by atoms with Crippen LogP contribution in [0.1, 0.15) is 16.6 Å². The van der Waals surface area contributed by atoms with Gasteiger partial charge in [0.25, 0.3) is 0 Å². The summed E-state index contributed by atoms with van der Waals surface area (Å²) in [7, 11) is 0. The van der Waals surface area contributed by atoms with E-state index in [0.29, 0.717) is 0 Å². The summed E-state index contributed by atoms with van der Waals surface area (Å²) < 4.78 is 2.98. The average Bonchev–Trinajstić information content (AvgIpc) is 3.15. The molecule has 0 amide bonds. The molecule has 0 saturated heterocycles. The van der Waals surface area contributed by atoms with Crippen molar-refractivity contribution in [3.05, 3.63) is 69.1 Å². The average molecular weight is 363 g/mol. The first kappa shape index (κ1) is 14.5. The lowest BCUT2D eigenvalue weighted by molar-refractivity contribution is 0.536. The Hall–Kier alpha value is -1.47. The maximum atomic E-state index is 5.71. The molecule has 0 saturated carbocycles. The molecule has 0 fully saturated rings. The third-order valence-electron chi connectivity index (χ3n) is 3.27. The maximum Gasteiger partial charge on any atom is 0.0815 e. The summed E-state index contributed by atoms with van der Waals surface area (Å²) in [6.07, 6.45) is 2.76. The van der Waals surface area contributed by atoms with Crippen LogP contribution in [0, 0.1) is 0 Å². The Morgan fingerprint density at radius 3 is 2.71 bits per heavy atom. The first-order valence-corrected chi connectivity index (χ1v) is 8.24. The van der Waals surface area contributed by atoms with Crippen LogP contribution < -0.4 is 11.3 Å². The molecule has 3 rings (SSSR count). The molecule has 108 valence electrons. The summed E-state index contributed by atoms with van der Waals surface area (Å²) in [5.41, 5.74) is 4.83.